The van der Waals surface area contributed by atoms with Crippen LogP contribution in [0.5, 0.6) is 0 Å². The molecular formula is C14H15N7O. The molecule has 0 fully saturated rings. The number of rotatable bonds is 5. The van der Waals surface area contributed by atoms with Gasteiger partial charge >= 0.3 is 0 Å². The number of hydrogen-bond acceptors (Lipinski definition) is 5. The molecule has 0 saturated carbocycles. The molecule has 2 heterocycles. The van der Waals surface area contributed by atoms with E-state index < -0.39 is 0 Å². The highest BCUT2D eigenvalue weighted by molar-refractivity contribution is 5.93. The molecule has 0 atom stereocenters. The van der Waals surface area contributed by atoms with E-state index in [1.54, 1.807) is 6.07 Å². The Morgan fingerprint density at radius 2 is 2.05 bits per heavy atom. The van der Waals surface area contributed by atoms with Gasteiger partial charge in [-0.2, -0.15) is 10.3 Å². The van der Waals surface area contributed by atoms with Crippen molar-refractivity contribution in [2.45, 2.75) is 19.9 Å². The summed E-state index contributed by atoms with van der Waals surface area (Å²) in [5, 5.41) is 22.9. The van der Waals surface area contributed by atoms with Crippen LogP contribution < -0.4 is 5.32 Å². The molecule has 8 nitrogen and oxygen atoms in total. The number of carbonyl (C=O) groups excluding carboxylic acids is 1. The molecule has 0 bridgehead atoms. The van der Waals surface area contributed by atoms with E-state index in [9.17, 15) is 4.79 Å². The first-order valence-electron chi connectivity index (χ1n) is 6.91. The zero-order chi connectivity index (χ0) is 15.4. The Hall–Kier alpha value is -3.03. The topological polar surface area (TPSA) is 112 Å². The Labute approximate surface area is 126 Å². The number of H-pyrrole nitrogens is 2. The first-order valence-corrected chi connectivity index (χ1v) is 6.91. The lowest BCUT2D eigenvalue weighted by molar-refractivity contribution is 0.0945. The maximum Gasteiger partial charge on any atom is 0.269 e. The molecule has 0 aliphatic heterocycles. The van der Waals surface area contributed by atoms with Gasteiger partial charge in [0.05, 0.1) is 12.2 Å². The van der Waals surface area contributed by atoms with E-state index >= 15 is 0 Å². The van der Waals surface area contributed by atoms with Crippen LogP contribution in [-0.2, 0) is 13.0 Å². The highest BCUT2D eigenvalue weighted by Gasteiger charge is 2.11. The van der Waals surface area contributed by atoms with E-state index in [1.165, 1.54) is 5.56 Å². The maximum atomic E-state index is 12.0. The predicted molar refractivity (Wildman–Crippen MR) is 78.7 cm³/mol. The van der Waals surface area contributed by atoms with E-state index in [4.69, 9.17) is 0 Å². The number of benzene rings is 1. The SMILES string of the molecule is CCc1ccc(-c2cc(C(=O)NCc3nn[nH]n3)[nH]n2)cc1. The zero-order valence-electron chi connectivity index (χ0n) is 12.0. The lowest BCUT2D eigenvalue weighted by Crippen LogP contribution is -2.23. The van der Waals surface area contributed by atoms with Crippen LogP contribution in [0.2, 0.25) is 0 Å². The highest BCUT2D eigenvalue weighted by atomic mass is 16.1. The minimum absolute atomic E-state index is 0.203. The van der Waals surface area contributed by atoms with Crippen molar-refractivity contribution in [1.82, 2.24) is 36.1 Å². The molecule has 3 N–H and O–H groups in total. The van der Waals surface area contributed by atoms with Gasteiger partial charge in [0.15, 0.2) is 5.82 Å². The van der Waals surface area contributed by atoms with Crippen molar-refractivity contribution in [2.75, 3.05) is 0 Å². The van der Waals surface area contributed by atoms with Gasteiger partial charge in [0.2, 0.25) is 0 Å². The van der Waals surface area contributed by atoms with Gasteiger partial charge in [0, 0.05) is 5.56 Å². The van der Waals surface area contributed by atoms with Gasteiger partial charge in [-0.1, -0.05) is 36.4 Å². The van der Waals surface area contributed by atoms with Gasteiger partial charge in [-0.25, -0.2) is 0 Å². The summed E-state index contributed by atoms with van der Waals surface area (Å²) in [4.78, 5) is 12.0. The van der Waals surface area contributed by atoms with Gasteiger partial charge in [0.1, 0.15) is 5.69 Å². The monoisotopic (exact) mass is 297 g/mol. The summed E-state index contributed by atoms with van der Waals surface area (Å²) in [5.41, 5.74) is 3.34. The number of hydrogen-bond donors (Lipinski definition) is 3. The Kier molecular flexibility index (Phi) is 3.90. The Bertz CT molecular complexity index is 746. The fourth-order valence-electron chi connectivity index (χ4n) is 2.01. The molecule has 0 aliphatic rings. The Morgan fingerprint density at radius 3 is 2.73 bits per heavy atom. The molecule has 0 unspecified atom stereocenters. The average molecular weight is 297 g/mol. The fraction of sp³-hybridized carbons (Fsp3) is 0.214. The molecular weight excluding hydrogens is 282 g/mol. The number of amides is 1. The van der Waals surface area contributed by atoms with Crippen molar-refractivity contribution in [3.63, 3.8) is 0 Å². The minimum Gasteiger partial charge on any atom is -0.343 e. The van der Waals surface area contributed by atoms with Crippen LogP contribution in [0.1, 0.15) is 28.8 Å². The smallest absolute Gasteiger partial charge is 0.269 e. The lowest BCUT2D eigenvalue weighted by atomic mass is 10.1. The van der Waals surface area contributed by atoms with Crippen molar-refractivity contribution in [2.24, 2.45) is 0 Å². The van der Waals surface area contributed by atoms with Gasteiger partial charge in [-0.05, 0) is 18.1 Å². The molecule has 112 valence electrons. The molecule has 3 aromatic rings. The second kappa shape index (κ2) is 6.17. The molecule has 0 aliphatic carbocycles. The summed E-state index contributed by atoms with van der Waals surface area (Å²) in [5.74, 6) is 0.150. The quantitative estimate of drug-likeness (QED) is 0.652. The van der Waals surface area contributed by atoms with Crippen molar-refractivity contribution >= 4 is 5.91 Å². The Morgan fingerprint density at radius 1 is 1.23 bits per heavy atom. The second-order valence-corrected chi connectivity index (χ2v) is 4.73. The van der Waals surface area contributed by atoms with Gasteiger partial charge in [0.25, 0.3) is 5.91 Å². The molecule has 3 rings (SSSR count). The van der Waals surface area contributed by atoms with E-state index in [-0.39, 0.29) is 12.5 Å². The number of tetrazole rings is 1. The normalized spacial score (nSPS) is 10.6. The van der Waals surface area contributed by atoms with Crippen molar-refractivity contribution < 1.29 is 4.79 Å². The number of nitrogens with zero attached hydrogens (tertiary/aromatic N) is 4. The molecule has 1 amide bonds. The van der Waals surface area contributed by atoms with Crippen LogP contribution in [0, 0.1) is 0 Å². The van der Waals surface area contributed by atoms with E-state index in [2.05, 4.69) is 55.2 Å². The van der Waals surface area contributed by atoms with E-state index in [0.717, 1.165) is 17.7 Å². The third kappa shape index (κ3) is 3.00. The summed E-state index contributed by atoms with van der Waals surface area (Å²) >= 11 is 0. The molecule has 8 heteroatoms. The molecule has 0 spiro atoms. The summed E-state index contributed by atoms with van der Waals surface area (Å²) in [6, 6.07) is 9.82. The molecule has 0 saturated heterocycles. The molecule has 0 radical (unpaired) electrons. The van der Waals surface area contributed by atoms with Crippen molar-refractivity contribution in [3.05, 3.63) is 47.4 Å². The molecule has 2 aromatic heterocycles. The summed E-state index contributed by atoms with van der Waals surface area (Å²) in [6.45, 7) is 2.31. The van der Waals surface area contributed by atoms with Crippen LogP contribution in [0.3, 0.4) is 0 Å². The summed E-state index contributed by atoms with van der Waals surface area (Å²) in [6.07, 6.45) is 0.991. The lowest BCUT2D eigenvalue weighted by Gasteiger charge is -1.99. The third-order valence-electron chi connectivity index (χ3n) is 3.28. The largest absolute Gasteiger partial charge is 0.343 e. The van der Waals surface area contributed by atoms with Crippen LogP contribution in [0.15, 0.2) is 30.3 Å². The first kappa shape index (κ1) is 13.9. The predicted octanol–water partition coefficient (Wildman–Crippen LogP) is 1.08. The third-order valence-corrected chi connectivity index (χ3v) is 3.28. The number of nitrogens with one attached hydrogen (secondary N) is 3. The summed E-state index contributed by atoms with van der Waals surface area (Å²) in [7, 11) is 0. The first-order chi connectivity index (χ1) is 10.8. The summed E-state index contributed by atoms with van der Waals surface area (Å²) < 4.78 is 0. The van der Waals surface area contributed by atoms with Crippen molar-refractivity contribution in [3.8, 4) is 11.3 Å². The molecule has 22 heavy (non-hydrogen) atoms. The van der Waals surface area contributed by atoms with Crippen LogP contribution in [-0.4, -0.2) is 36.7 Å². The number of aryl methyl sites for hydroxylation is 1. The van der Waals surface area contributed by atoms with Gasteiger partial charge in [-0.15, -0.1) is 10.2 Å². The van der Waals surface area contributed by atoms with E-state index in [1.807, 2.05) is 12.1 Å². The van der Waals surface area contributed by atoms with Crippen LogP contribution >= 0.6 is 0 Å². The van der Waals surface area contributed by atoms with Gasteiger partial charge in [-0.3, -0.25) is 9.89 Å². The maximum absolute atomic E-state index is 12.0. The van der Waals surface area contributed by atoms with Gasteiger partial charge < -0.3 is 5.32 Å². The average Bonchev–Trinajstić information content (AvgIpc) is 3.24. The van der Waals surface area contributed by atoms with E-state index in [0.29, 0.717) is 11.5 Å². The zero-order valence-corrected chi connectivity index (χ0v) is 12.0. The van der Waals surface area contributed by atoms with Crippen LogP contribution in [0.4, 0.5) is 0 Å². The number of aromatic nitrogens is 6. The van der Waals surface area contributed by atoms with Crippen LogP contribution in [0.25, 0.3) is 11.3 Å². The molecule has 1 aromatic carbocycles. The second-order valence-electron chi connectivity index (χ2n) is 4.73. The highest BCUT2D eigenvalue weighted by Crippen LogP contribution is 2.18. The number of aromatic amines is 2. The Balaban J connectivity index is 1.68. The fourth-order valence-corrected chi connectivity index (χ4v) is 2.01. The number of carbonyl (C=O) groups is 1. The van der Waals surface area contributed by atoms with Crippen molar-refractivity contribution in [1.29, 1.82) is 0 Å². The minimum atomic E-state index is -0.270. The standard InChI is InChI=1S/C14H15N7O/c1-2-9-3-5-10(6-4-9)11-7-12(17-16-11)14(22)15-8-13-18-20-21-19-13/h3-7H,2,8H2,1H3,(H,15,22)(H,16,17)(H,18,19,20,21).